The summed E-state index contributed by atoms with van der Waals surface area (Å²) in [5.74, 6) is -1.99. The molecule has 0 aliphatic heterocycles. The number of nitrogens with two attached hydrogens (primary N) is 1. The molecule has 8 nitrogen and oxygen atoms in total. The van der Waals surface area contributed by atoms with E-state index in [0.717, 1.165) is 0 Å². The van der Waals surface area contributed by atoms with Gasteiger partial charge in [0.1, 0.15) is 5.76 Å². The Bertz CT molecular complexity index is 708. The summed E-state index contributed by atoms with van der Waals surface area (Å²) in [6, 6.07) is 7.56. The molecule has 2 aromatic rings. The maximum absolute atomic E-state index is 11.8. The number of primary amides is 1. The average molecular weight is 288 g/mol. The van der Waals surface area contributed by atoms with E-state index < -0.39 is 17.7 Å². The third kappa shape index (κ3) is 3.44. The highest BCUT2D eigenvalue weighted by Gasteiger charge is 2.18. The standard InChI is InChI=1S/C13H12N4O4/c1-7-6-10(17-21-7)16-13(20)12(19)15-9-5-3-2-4-8(9)11(14)18/h2-6H,1H3,(H2,14,18)(H,15,19)(H,16,17,20). The van der Waals surface area contributed by atoms with Crippen LogP contribution in [0.15, 0.2) is 34.9 Å². The number of benzene rings is 1. The Morgan fingerprint density at radius 3 is 2.43 bits per heavy atom. The Morgan fingerprint density at radius 1 is 1.14 bits per heavy atom. The molecule has 1 heterocycles. The summed E-state index contributed by atoms with van der Waals surface area (Å²) in [5.41, 5.74) is 5.44. The van der Waals surface area contributed by atoms with Crippen LogP contribution in [-0.2, 0) is 9.59 Å². The summed E-state index contributed by atoms with van der Waals surface area (Å²) < 4.78 is 4.76. The van der Waals surface area contributed by atoms with Crippen LogP contribution in [-0.4, -0.2) is 22.9 Å². The molecule has 8 heteroatoms. The minimum Gasteiger partial charge on any atom is -0.366 e. The van der Waals surface area contributed by atoms with Gasteiger partial charge in [-0.2, -0.15) is 0 Å². The van der Waals surface area contributed by atoms with Gasteiger partial charge >= 0.3 is 11.8 Å². The van der Waals surface area contributed by atoms with E-state index in [1.807, 2.05) is 0 Å². The quantitative estimate of drug-likeness (QED) is 0.715. The number of hydrogen-bond acceptors (Lipinski definition) is 5. The zero-order valence-electron chi connectivity index (χ0n) is 11.0. The van der Waals surface area contributed by atoms with Gasteiger partial charge in [0.15, 0.2) is 5.82 Å². The molecule has 1 aromatic heterocycles. The van der Waals surface area contributed by atoms with Crippen molar-refractivity contribution in [2.45, 2.75) is 6.92 Å². The van der Waals surface area contributed by atoms with Crippen LogP contribution in [0.3, 0.4) is 0 Å². The highest BCUT2D eigenvalue weighted by molar-refractivity contribution is 6.43. The lowest BCUT2D eigenvalue weighted by Crippen LogP contribution is -2.30. The van der Waals surface area contributed by atoms with Crippen molar-refractivity contribution >= 4 is 29.2 Å². The van der Waals surface area contributed by atoms with Crippen LogP contribution in [0.5, 0.6) is 0 Å². The molecule has 1 aromatic carbocycles. The summed E-state index contributed by atoms with van der Waals surface area (Å²) in [6.45, 7) is 1.64. The van der Waals surface area contributed by atoms with Gasteiger partial charge < -0.3 is 15.6 Å². The first-order valence-corrected chi connectivity index (χ1v) is 5.92. The van der Waals surface area contributed by atoms with E-state index in [4.69, 9.17) is 10.3 Å². The second-order valence-electron chi connectivity index (χ2n) is 4.14. The van der Waals surface area contributed by atoms with Crippen LogP contribution >= 0.6 is 0 Å². The zero-order chi connectivity index (χ0) is 15.4. The van der Waals surface area contributed by atoms with Crippen LogP contribution < -0.4 is 16.4 Å². The van der Waals surface area contributed by atoms with Gasteiger partial charge in [0.05, 0.1) is 11.3 Å². The number of anilines is 2. The van der Waals surface area contributed by atoms with Gasteiger partial charge in [0.25, 0.3) is 5.91 Å². The molecule has 0 fully saturated rings. The molecule has 4 N–H and O–H groups in total. The average Bonchev–Trinajstić information content (AvgIpc) is 2.84. The van der Waals surface area contributed by atoms with Gasteiger partial charge in [0, 0.05) is 6.07 Å². The summed E-state index contributed by atoms with van der Waals surface area (Å²) >= 11 is 0. The largest absolute Gasteiger partial charge is 0.366 e. The number of nitrogens with zero attached hydrogens (tertiary/aromatic N) is 1. The lowest BCUT2D eigenvalue weighted by molar-refractivity contribution is -0.133. The first-order valence-electron chi connectivity index (χ1n) is 5.92. The van der Waals surface area contributed by atoms with Crippen LogP contribution in [0.25, 0.3) is 0 Å². The van der Waals surface area contributed by atoms with E-state index in [9.17, 15) is 14.4 Å². The summed E-state index contributed by atoms with van der Waals surface area (Å²) in [5, 5.41) is 8.10. The maximum Gasteiger partial charge on any atom is 0.315 e. The molecule has 0 spiro atoms. The monoisotopic (exact) mass is 288 g/mol. The summed E-state index contributed by atoms with van der Waals surface area (Å²) in [4.78, 5) is 34.7. The highest BCUT2D eigenvalue weighted by Crippen LogP contribution is 2.14. The molecule has 0 bridgehead atoms. The van der Waals surface area contributed by atoms with Crippen LogP contribution in [0, 0.1) is 6.92 Å². The van der Waals surface area contributed by atoms with Crippen molar-refractivity contribution in [3.8, 4) is 0 Å². The van der Waals surface area contributed by atoms with E-state index in [0.29, 0.717) is 5.76 Å². The molecule has 2 rings (SSSR count). The van der Waals surface area contributed by atoms with E-state index in [1.165, 1.54) is 18.2 Å². The molecule has 0 radical (unpaired) electrons. The van der Waals surface area contributed by atoms with Gasteiger partial charge in [-0.3, -0.25) is 19.7 Å². The van der Waals surface area contributed by atoms with Crippen molar-refractivity contribution in [2.24, 2.45) is 5.73 Å². The predicted octanol–water partition coefficient (Wildman–Crippen LogP) is 0.659. The number of amides is 3. The second kappa shape index (κ2) is 5.87. The molecule has 0 aliphatic rings. The van der Waals surface area contributed by atoms with Gasteiger partial charge in [-0.1, -0.05) is 17.3 Å². The number of rotatable bonds is 3. The zero-order valence-corrected chi connectivity index (χ0v) is 11.0. The molecule has 0 unspecified atom stereocenters. The summed E-state index contributed by atoms with van der Waals surface area (Å²) in [7, 11) is 0. The SMILES string of the molecule is Cc1cc(NC(=O)C(=O)Nc2ccccc2C(N)=O)no1. The number of nitrogens with one attached hydrogen (secondary N) is 2. The maximum atomic E-state index is 11.8. The van der Waals surface area contributed by atoms with Crippen molar-refractivity contribution in [3.63, 3.8) is 0 Å². The molecule has 108 valence electrons. The fourth-order valence-electron chi connectivity index (χ4n) is 1.58. The third-order valence-electron chi connectivity index (χ3n) is 2.52. The molecule has 0 saturated heterocycles. The van der Waals surface area contributed by atoms with Crippen molar-refractivity contribution in [1.82, 2.24) is 5.16 Å². The molecular weight excluding hydrogens is 276 g/mol. The van der Waals surface area contributed by atoms with Gasteiger partial charge in [-0.15, -0.1) is 0 Å². The van der Waals surface area contributed by atoms with Gasteiger partial charge in [-0.05, 0) is 19.1 Å². The van der Waals surface area contributed by atoms with E-state index >= 15 is 0 Å². The third-order valence-corrected chi connectivity index (χ3v) is 2.52. The second-order valence-corrected chi connectivity index (χ2v) is 4.14. The molecule has 3 amide bonds. The number of aryl methyl sites for hydroxylation is 1. The number of hydrogen-bond donors (Lipinski definition) is 3. The predicted molar refractivity (Wildman–Crippen MR) is 73.5 cm³/mol. The molecular formula is C13H12N4O4. The van der Waals surface area contributed by atoms with E-state index in [2.05, 4.69) is 15.8 Å². The van der Waals surface area contributed by atoms with Crippen molar-refractivity contribution in [3.05, 3.63) is 41.7 Å². The Morgan fingerprint density at radius 2 is 1.81 bits per heavy atom. The molecule has 0 saturated carbocycles. The first kappa shape index (κ1) is 14.3. The Kier molecular flexibility index (Phi) is 3.98. The minimum atomic E-state index is -0.954. The molecule has 21 heavy (non-hydrogen) atoms. The topological polar surface area (TPSA) is 127 Å². The number of carbonyl (C=O) groups is 3. The smallest absolute Gasteiger partial charge is 0.315 e. The van der Waals surface area contributed by atoms with E-state index in [-0.39, 0.29) is 17.1 Å². The lowest BCUT2D eigenvalue weighted by Gasteiger charge is -2.07. The lowest BCUT2D eigenvalue weighted by atomic mass is 10.1. The Labute approximate surface area is 119 Å². The first-order chi connectivity index (χ1) is 9.97. The minimum absolute atomic E-state index is 0.107. The Balaban J connectivity index is 2.07. The fourth-order valence-corrected chi connectivity index (χ4v) is 1.58. The van der Waals surface area contributed by atoms with Crippen LogP contribution in [0.2, 0.25) is 0 Å². The number of carbonyl (C=O) groups excluding carboxylic acids is 3. The number of para-hydroxylation sites is 1. The van der Waals surface area contributed by atoms with Gasteiger partial charge in [0.2, 0.25) is 0 Å². The van der Waals surface area contributed by atoms with Crippen LogP contribution in [0.4, 0.5) is 11.5 Å². The van der Waals surface area contributed by atoms with Crippen molar-refractivity contribution < 1.29 is 18.9 Å². The normalized spacial score (nSPS) is 9.95. The van der Waals surface area contributed by atoms with Crippen molar-refractivity contribution in [1.29, 1.82) is 0 Å². The van der Waals surface area contributed by atoms with Crippen molar-refractivity contribution in [2.75, 3.05) is 10.6 Å². The van der Waals surface area contributed by atoms with Gasteiger partial charge in [-0.25, -0.2) is 0 Å². The molecule has 0 aliphatic carbocycles. The van der Waals surface area contributed by atoms with Crippen LogP contribution in [0.1, 0.15) is 16.1 Å². The highest BCUT2D eigenvalue weighted by atomic mass is 16.5. The summed E-state index contributed by atoms with van der Waals surface area (Å²) in [6.07, 6.45) is 0. The molecule has 0 atom stereocenters. The Hall–Kier alpha value is -3.16. The number of aromatic nitrogens is 1. The fraction of sp³-hybridized carbons (Fsp3) is 0.0769. The van der Waals surface area contributed by atoms with E-state index in [1.54, 1.807) is 19.1 Å².